The van der Waals surface area contributed by atoms with Gasteiger partial charge < -0.3 is 5.73 Å². The zero-order valence-corrected chi connectivity index (χ0v) is 8.25. The van der Waals surface area contributed by atoms with Crippen molar-refractivity contribution in [3.63, 3.8) is 0 Å². The summed E-state index contributed by atoms with van der Waals surface area (Å²) in [6, 6.07) is 4.11. The first-order valence-electron chi connectivity index (χ1n) is 4.54. The highest BCUT2D eigenvalue weighted by atomic mass is 14.7. The topological polar surface area (TPSA) is 38.9 Å². The molecule has 0 aromatic carbocycles. The first-order chi connectivity index (χ1) is 6.24. The number of hydrogen-bond acceptors (Lipinski definition) is 2. The van der Waals surface area contributed by atoms with Gasteiger partial charge in [0, 0.05) is 11.9 Å². The van der Waals surface area contributed by atoms with E-state index in [4.69, 9.17) is 5.73 Å². The molecule has 0 aliphatic rings. The SMILES string of the molecule is C/C(=C/CCN)c1ccc(C)nc1. The smallest absolute Gasteiger partial charge is 0.0373 e. The van der Waals surface area contributed by atoms with Crippen molar-refractivity contribution in [2.45, 2.75) is 20.3 Å². The first-order valence-corrected chi connectivity index (χ1v) is 4.54. The summed E-state index contributed by atoms with van der Waals surface area (Å²) in [4.78, 5) is 4.24. The van der Waals surface area contributed by atoms with Crippen LogP contribution in [0.2, 0.25) is 0 Å². The predicted octanol–water partition coefficient (Wildman–Crippen LogP) is 2.14. The van der Waals surface area contributed by atoms with E-state index in [0.717, 1.165) is 12.1 Å². The van der Waals surface area contributed by atoms with Crippen LogP contribution in [0.4, 0.5) is 0 Å². The van der Waals surface area contributed by atoms with Crippen molar-refractivity contribution in [3.8, 4) is 0 Å². The monoisotopic (exact) mass is 176 g/mol. The first kappa shape index (κ1) is 9.93. The second-order valence-corrected chi connectivity index (χ2v) is 3.15. The third-order valence-corrected chi connectivity index (χ3v) is 1.98. The van der Waals surface area contributed by atoms with Crippen molar-refractivity contribution >= 4 is 5.57 Å². The Hall–Kier alpha value is -1.15. The molecule has 2 nitrogen and oxygen atoms in total. The van der Waals surface area contributed by atoms with Gasteiger partial charge in [-0.15, -0.1) is 0 Å². The largest absolute Gasteiger partial charge is 0.330 e. The van der Waals surface area contributed by atoms with Crippen molar-refractivity contribution < 1.29 is 0 Å². The fourth-order valence-electron chi connectivity index (χ4n) is 1.12. The Kier molecular flexibility index (Phi) is 3.65. The molecular weight excluding hydrogens is 160 g/mol. The van der Waals surface area contributed by atoms with Gasteiger partial charge in [-0.05, 0) is 44.0 Å². The molecule has 2 N–H and O–H groups in total. The molecule has 0 aliphatic carbocycles. The average molecular weight is 176 g/mol. The van der Waals surface area contributed by atoms with E-state index in [1.165, 1.54) is 11.1 Å². The number of pyridine rings is 1. The van der Waals surface area contributed by atoms with E-state index in [0.29, 0.717) is 6.54 Å². The van der Waals surface area contributed by atoms with Crippen LogP contribution in [0.25, 0.3) is 5.57 Å². The number of nitrogens with two attached hydrogens (primary N) is 1. The van der Waals surface area contributed by atoms with Crippen LogP contribution in [-0.4, -0.2) is 11.5 Å². The van der Waals surface area contributed by atoms with Gasteiger partial charge >= 0.3 is 0 Å². The number of aromatic nitrogens is 1. The van der Waals surface area contributed by atoms with Gasteiger partial charge in [-0.25, -0.2) is 0 Å². The Morgan fingerprint density at radius 1 is 1.54 bits per heavy atom. The fourth-order valence-corrected chi connectivity index (χ4v) is 1.12. The molecule has 0 radical (unpaired) electrons. The normalized spacial score (nSPS) is 11.8. The van der Waals surface area contributed by atoms with E-state index in [1.807, 2.05) is 19.2 Å². The fraction of sp³-hybridized carbons (Fsp3) is 0.364. The third kappa shape index (κ3) is 2.99. The summed E-state index contributed by atoms with van der Waals surface area (Å²) >= 11 is 0. The van der Waals surface area contributed by atoms with Gasteiger partial charge in [0.15, 0.2) is 0 Å². The summed E-state index contributed by atoms with van der Waals surface area (Å²) in [7, 11) is 0. The molecule has 0 saturated heterocycles. The molecule has 0 saturated carbocycles. The van der Waals surface area contributed by atoms with E-state index < -0.39 is 0 Å². The van der Waals surface area contributed by atoms with Crippen LogP contribution in [-0.2, 0) is 0 Å². The molecule has 0 amide bonds. The van der Waals surface area contributed by atoms with Crippen molar-refractivity contribution in [1.29, 1.82) is 0 Å². The summed E-state index contributed by atoms with van der Waals surface area (Å²) in [6.07, 6.45) is 4.98. The molecule has 0 bridgehead atoms. The van der Waals surface area contributed by atoms with Crippen LogP contribution in [0.5, 0.6) is 0 Å². The summed E-state index contributed by atoms with van der Waals surface area (Å²) < 4.78 is 0. The van der Waals surface area contributed by atoms with Gasteiger partial charge in [0.1, 0.15) is 0 Å². The Morgan fingerprint density at radius 2 is 2.31 bits per heavy atom. The van der Waals surface area contributed by atoms with Gasteiger partial charge in [0.2, 0.25) is 0 Å². The quantitative estimate of drug-likeness (QED) is 0.766. The van der Waals surface area contributed by atoms with Crippen LogP contribution in [0, 0.1) is 6.92 Å². The van der Waals surface area contributed by atoms with Crippen LogP contribution < -0.4 is 5.73 Å². The molecule has 1 aromatic rings. The molecule has 1 heterocycles. The molecule has 1 rings (SSSR count). The molecule has 1 aromatic heterocycles. The summed E-state index contributed by atoms with van der Waals surface area (Å²) in [6.45, 7) is 4.78. The average Bonchev–Trinajstić information content (AvgIpc) is 2.15. The molecular formula is C11H16N2. The van der Waals surface area contributed by atoms with Gasteiger partial charge in [0.05, 0.1) is 0 Å². The maximum atomic E-state index is 5.42. The maximum absolute atomic E-state index is 5.42. The number of rotatable bonds is 3. The summed E-state index contributed by atoms with van der Waals surface area (Å²) in [5.41, 5.74) is 8.90. The van der Waals surface area contributed by atoms with Gasteiger partial charge in [-0.3, -0.25) is 4.98 Å². The minimum atomic E-state index is 0.705. The summed E-state index contributed by atoms with van der Waals surface area (Å²) in [5, 5.41) is 0. The van der Waals surface area contributed by atoms with E-state index in [9.17, 15) is 0 Å². The lowest BCUT2D eigenvalue weighted by molar-refractivity contribution is 1.01. The lowest BCUT2D eigenvalue weighted by Gasteiger charge is -2.00. The van der Waals surface area contributed by atoms with E-state index >= 15 is 0 Å². The lowest BCUT2D eigenvalue weighted by atomic mass is 10.1. The number of hydrogen-bond donors (Lipinski definition) is 1. The van der Waals surface area contributed by atoms with E-state index in [1.54, 1.807) is 0 Å². The third-order valence-electron chi connectivity index (χ3n) is 1.98. The molecule has 0 atom stereocenters. The van der Waals surface area contributed by atoms with Crippen LogP contribution >= 0.6 is 0 Å². The Morgan fingerprint density at radius 3 is 2.85 bits per heavy atom. The molecule has 0 fully saturated rings. The van der Waals surface area contributed by atoms with E-state index in [-0.39, 0.29) is 0 Å². The van der Waals surface area contributed by atoms with Crippen molar-refractivity contribution in [1.82, 2.24) is 4.98 Å². The maximum Gasteiger partial charge on any atom is 0.0373 e. The van der Waals surface area contributed by atoms with E-state index in [2.05, 4.69) is 24.1 Å². The Labute approximate surface area is 79.5 Å². The minimum Gasteiger partial charge on any atom is -0.330 e. The minimum absolute atomic E-state index is 0.705. The highest BCUT2D eigenvalue weighted by Crippen LogP contribution is 2.12. The molecule has 0 aliphatic heterocycles. The zero-order valence-electron chi connectivity index (χ0n) is 8.25. The molecule has 0 spiro atoms. The Balaban J connectivity index is 2.77. The highest BCUT2D eigenvalue weighted by Gasteiger charge is 1.94. The van der Waals surface area contributed by atoms with Crippen molar-refractivity contribution in [2.24, 2.45) is 5.73 Å². The van der Waals surface area contributed by atoms with Crippen molar-refractivity contribution in [2.75, 3.05) is 6.54 Å². The highest BCUT2D eigenvalue weighted by molar-refractivity contribution is 5.62. The van der Waals surface area contributed by atoms with Gasteiger partial charge in [-0.2, -0.15) is 0 Å². The second kappa shape index (κ2) is 4.77. The number of allylic oxidation sites excluding steroid dienone is 1. The summed E-state index contributed by atoms with van der Waals surface area (Å²) in [5.74, 6) is 0. The van der Waals surface area contributed by atoms with Gasteiger partial charge in [-0.1, -0.05) is 12.1 Å². The number of nitrogens with zero attached hydrogens (tertiary/aromatic N) is 1. The van der Waals surface area contributed by atoms with Gasteiger partial charge in [0.25, 0.3) is 0 Å². The Bertz CT molecular complexity index is 285. The van der Waals surface area contributed by atoms with Crippen LogP contribution in [0.1, 0.15) is 24.6 Å². The zero-order chi connectivity index (χ0) is 9.68. The lowest BCUT2D eigenvalue weighted by Crippen LogP contribution is -1.96. The molecule has 70 valence electrons. The predicted molar refractivity (Wildman–Crippen MR) is 56.3 cm³/mol. The second-order valence-electron chi connectivity index (χ2n) is 3.15. The van der Waals surface area contributed by atoms with Crippen molar-refractivity contribution in [3.05, 3.63) is 35.7 Å². The van der Waals surface area contributed by atoms with Crippen LogP contribution in [0.3, 0.4) is 0 Å². The molecule has 13 heavy (non-hydrogen) atoms. The molecule has 2 heteroatoms. The number of aryl methyl sites for hydroxylation is 1. The standard InChI is InChI=1S/C11H16N2/c1-9(4-3-7-12)11-6-5-10(2)13-8-11/h4-6,8H,3,7,12H2,1-2H3/b9-4-. The van der Waals surface area contributed by atoms with Crippen LogP contribution in [0.15, 0.2) is 24.4 Å². The molecule has 0 unspecified atom stereocenters.